The molecule has 2 aromatic heterocycles. The molecule has 3 heterocycles. The van der Waals surface area contributed by atoms with Crippen LogP contribution in [0.4, 0.5) is 5.00 Å². The second kappa shape index (κ2) is 8.14. The summed E-state index contributed by atoms with van der Waals surface area (Å²) in [6, 6.07) is 4.30. The van der Waals surface area contributed by atoms with Gasteiger partial charge in [-0.3, -0.25) is 4.99 Å². The van der Waals surface area contributed by atoms with E-state index < -0.39 is 0 Å². The minimum absolute atomic E-state index is 0.692. The van der Waals surface area contributed by atoms with Crippen LogP contribution in [-0.2, 0) is 6.42 Å². The summed E-state index contributed by atoms with van der Waals surface area (Å²) in [7, 11) is 1.84. The predicted octanol–water partition coefficient (Wildman–Crippen LogP) is 1.77. The summed E-state index contributed by atoms with van der Waals surface area (Å²) in [5, 5.41) is 10.7. The fourth-order valence-electron chi connectivity index (χ4n) is 2.80. The molecule has 7 nitrogen and oxygen atoms in total. The van der Waals surface area contributed by atoms with Crippen LogP contribution in [0, 0.1) is 6.92 Å². The number of hydrogen-bond acceptors (Lipinski definition) is 6. The van der Waals surface area contributed by atoms with Crippen molar-refractivity contribution in [1.82, 2.24) is 20.4 Å². The van der Waals surface area contributed by atoms with Crippen LogP contribution in [-0.4, -0.2) is 60.8 Å². The van der Waals surface area contributed by atoms with E-state index in [9.17, 15) is 0 Å². The van der Waals surface area contributed by atoms with Crippen LogP contribution in [0.15, 0.2) is 27.0 Å². The normalized spacial score (nSPS) is 15.8. The molecular weight excluding hydrogens is 324 g/mol. The predicted molar refractivity (Wildman–Crippen MR) is 96.8 cm³/mol. The highest BCUT2D eigenvalue weighted by molar-refractivity contribution is 7.14. The number of nitrogens with one attached hydrogen (secondary N) is 1. The Hall–Kier alpha value is -2.09. The van der Waals surface area contributed by atoms with Crippen LogP contribution in [0.25, 0.3) is 0 Å². The van der Waals surface area contributed by atoms with Crippen LogP contribution < -0.4 is 10.2 Å². The van der Waals surface area contributed by atoms with Gasteiger partial charge in [0.2, 0.25) is 5.89 Å². The molecule has 0 radical (unpaired) electrons. The highest BCUT2D eigenvalue weighted by Crippen LogP contribution is 2.22. The van der Waals surface area contributed by atoms with Crippen LogP contribution in [0.5, 0.6) is 0 Å². The Labute approximate surface area is 146 Å². The number of aryl methyl sites for hydroxylation is 2. The average Bonchev–Trinajstić information content (AvgIpc) is 3.27. The van der Waals surface area contributed by atoms with E-state index in [2.05, 4.69) is 47.8 Å². The molecule has 0 amide bonds. The van der Waals surface area contributed by atoms with E-state index in [0.717, 1.165) is 51.5 Å². The Morgan fingerprint density at radius 1 is 1.38 bits per heavy atom. The zero-order valence-corrected chi connectivity index (χ0v) is 15.1. The second-order valence-corrected chi connectivity index (χ2v) is 6.66. The van der Waals surface area contributed by atoms with Crippen LogP contribution >= 0.6 is 11.3 Å². The summed E-state index contributed by atoms with van der Waals surface area (Å²) in [5.74, 6) is 2.37. The van der Waals surface area contributed by atoms with Crippen molar-refractivity contribution in [2.45, 2.75) is 19.8 Å². The van der Waals surface area contributed by atoms with Gasteiger partial charge in [0.15, 0.2) is 11.8 Å². The van der Waals surface area contributed by atoms with Crippen molar-refractivity contribution in [2.75, 3.05) is 44.7 Å². The Kier molecular flexibility index (Phi) is 5.68. The summed E-state index contributed by atoms with van der Waals surface area (Å²) in [5.41, 5.74) is 0. The standard InChI is InChI=1S/C16H24N6OS/c1-13-19-14(23-20-13)5-3-7-18-16(17-2)22-10-8-21(9-11-22)15-6-4-12-24-15/h4,6,12H,3,5,7-11H2,1-2H3,(H,17,18). The third-order valence-electron chi connectivity index (χ3n) is 4.03. The van der Waals surface area contributed by atoms with Crippen molar-refractivity contribution >= 4 is 22.3 Å². The number of aliphatic imine (C=N–C) groups is 1. The topological polar surface area (TPSA) is 69.8 Å². The molecule has 0 aliphatic carbocycles. The first-order chi connectivity index (χ1) is 11.8. The molecule has 1 fully saturated rings. The van der Waals surface area contributed by atoms with Gasteiger partial charge in [-0.1, -0.05) is 5.16 Å². The Balaban J connectivity index is 1.40. The number of nitrogens with zero attached hydrogens (tertiary/aromatic N) is 5. The van der Waals surface area contributed by atoms with Gasteiger partial charge in [-0.15, -0.1) is 11.3 Å². The lowest BCUT2D eigenvalue weighted by molar-refractivity contribution is 0.365. The second-order valence-electron chi connectivity index (χ2n) is 5.74. The van der Waals surface area contributed by atoms with Gasteiger partial charge in [0, 0.05) is 46.2 Å². The van der Waals surface area contributed by atoms with Gasteiger partial charge in [-0.25, -0.2) is 0 Å². The van der Waals surface area contributed by atoms with Gasteiger partial charge < -0.3 is 19.6 Å². The summed E-state index contributed by atoms with van der Waals surface area (Å²) < 4.78 is 5.13. The summed E-state index contributed by atoms with van der Waals surface area (Å²) in [6.07, 6.45) is 1.73. The van der Waals surface area contributed by atoms with Gasteiger partial charge in [0.1, 0.15) is 0 Å². The molecule has 0 aromatic carbocycles. The lowest BCUT2D eigenvalue weighted by Crippen LogP contribution is -2.52. The number of thiophene rings is 1. The highest BCUT2D eigenvalue weighted by atomic mass is 32.1. The van der Waals surface area contributed by atoms with E-state index in [1.165, 1.54) is 5.00 Å². The van der Waals surface area contributed by atoms with E-state index in [1.54, 1.807) is 11.3 Å². The number of anilines is 1. The van der Waals surface area contributed by atoms with Crippen LogP contribution in [0.2, 0.25) is 0 Å². The molecule has 1 N–H and O–H groups in total. The lowest BCUT2D eigenvalue weighted by Gasteiger charge is -2.37. The third-order valence-corrected chi connectivity index (χ3v) is 4.96. The molecule has 0 bridgehead atoms. The molecule has 1 aliphatic rings. The highest BCUT2D eigenvalue weighted by Gasteiger charge is 2.20. The molecule has 1 saturated heterocycles. The number of aromatic nitrogens is 2. The Bertz CT molecular complexity index is 645. The van der Waals surface area contributed by atoms with Gasteiger partial charge in [0.05, 0.1) is 5.00 Å². The number of guanidine groups is 1. The molecule has 130 valence electrons. The largest absolute Gasteiger partial charge is 0.360 e. The maximum absolute atomic E-state index is 5.13. The Morgan fingerprint density at radius 3 is 2.83 bits per heavy atom. The number of piperazine rings is 1. The number of hydrogen-bond donors (Lipinski definition) is 1. The minimum Gasteiger partial charge on any atom is -0.360 e. The van der Waals surface area contributed by atoms with Gasteiger partial charge in [-0.2, -0.15) is 4.98 Å². The molecule has 0 spiro atoms. The van der Waals surface area contributed by atoms with Crippen molar-refractivity contribution in [3.63, 3.8) is 0 Å². The number of rotatable bonds is 5. The zero-order chi connectivity index (χ0) is 16.8. The van der Waals surface area contributed by atoms with Gasteiger partial charge >= 0.3 is 0 Å². The SMILES string of the molecule is CN=C(NCCCc1nc(C)no1)N1CCN(c2cccs2)CC1. The molecule has 3 rings (SSSR count). The van der Waals surface area contributed by atoms with Crippen LogP contribution in [0.1, 0.15) is 18.1 Å². The molecule has 0 atom stereocenters. The van der Waals surface area contributed by atoms with Gasteiger partial charge in [-0.05, 0) is 30.9 Å². The first-order valence-corrected chi connectivity index (χ1v) is 9.17. The molecule has 0 saturated carbocycles. The van der Waals surface area contributed by atoms with Crippen molar-refractivity contribution < 1.29 is 4.52 Å². The quantitative estimate of drug-likeness (QED) is 0.504. The third kappa shape index (κ3) is 4.25. The molecule has 8 heteroatoms. The summed E-state index contributed by atoms with van der Waals surface area (Å²) in [6.45, 7) is 6.72. The van der Waals surface area contributed by atoms with E-state index in [0.29, 0.717) is 11.7 Å². The van der Waals surface area contributed by atoms with Crippen molar-refractivity contribution in [1.29, 1.82) is 0 Å². The van der Waals surface area contributed by atoms with E-state index >= 15 is 0 Å². The van der Waals surface area contributed by atoms with Gasteiger partial charge in [0.25, 0.3) is 0 Å². The molecule has 24 heavy (non-hydrogen) atoms. The monoisotopic (exact) mass is 348 g/mol. The summed E-state index contributed by atoms with van der Waals surface area (Å²) >= 11 is 1.80. The maximum atomic E-state index is 5.13. The zero-order valence-electron chi connectivity index (χ0n) is 14.2. The average molecular weight is 348 g/mol. The fraction of sp³-hybridized carbons (Fsp3) is 0.562. The molecule has 0 unspecified atom stereocenters. The maximum Gasteiger partial charge on any atom is 0.226 e. The Morgan fingerprint density at radius 2 is 2.21 bits per heavy atom. The van der Waals surface area contributed by atoms with Crippen LogP contribution in [0.3, 0.4) is 0 Å². The first-order valence-electron chi connectivity index (χ1n) is 8.29. The van der Waals surface area contributed by atoms with E-state index in [-0.39, 0.29) is 0 Å². The summed E-state index contributed by atoms with van der Waals surface area (Å²) in [4.78, 5) is 13.4. The fourth-order valence-corrected chi connectivity index (χ4v) is 3.59. The van der Waals surface area contributed by atoms with Crippen molar-refractivity contribution in [3.8, 4) is 0 Å². The smallest absolute Gasteiger partial charge is 0.226 e. The van der Waals surface area contributed by atoms with Crippen molar-refractivity contribution in [2.24, 2.45) is 4.99 Å². The van der Waals surface area contributed by atoms with E-state index in [1.807, 2.05) is 14.0 Å². The van der Waals surface area contributed by atoms with Crippen molar-refractivity contribution in [3.05, 3.63) is 29.2 Å². The molecule has 1 aliphatic heterocycles. The first kappa shape index (κ1) is 16.8. The lowest BCUT2D eigenvalue weighted by atomic mass is 10.3. The minimum atomic E-state index is 0.692. The molecule has 2 aromatic rings. The molecular formula is C16H24N6OS. The van der Waals surface area contributed by atoms with E-state index in [4.69, 9.17) is 4.52 Å².